The molecule has 0 bridgehead atoms. The number of likely N-dealkylation sites (tertiary alicyclic amines) is 1. The van der Waals surface area contributed by atoms with E-state index in [9.17, 15) is 9.90 Å². The number of hydrogen-bond donors (Lipinski definition) is 1. The van der Waals surface area contributed by atoms with Crippen LogP contribution in [0.2, 0.25) is 0 Å². The number of piperidine rings is 1. The molecule has 2 saturated heterocycles. The molecule has 2 aliphatic rings. The van der Waals surface area contributed by atoms with Crippen LogP contribution in [-0.2, 0) is 11.3 Å². The number of hydrogen-bond acceptors (Lipinski definition) is 6. The highest BCUT2D eigenvalue weighted by Gasteiger charge is 2.32. The molecule has 152 valence electrons. The van der Waals surface area contributed by atoms with Gasteiger partial charge < -0.3 is 19.2 Å². The highest BCUT2D eigenvalue weighted by atomic mass is 16.5. The van der Waals surface area contributed by atoms with E-state index in [1.165, 1.54) is 0 Å². The Balaban J connectivity index is 1.39. The van der Waals surface area contributed by atoms with E-state index in [4.69, 9.17) is 9.15 Å². The SMILES string of the molecule is O=C(c1ccc(Cn2cccn2)o1)N1C[C@@H](CN2CCOCC2)C[C@H](CO)C1. The molecule has 1 amide bonds. The van der Waals surface area contributed by atoms with Crippen molar-refractivity contribution in [3.63, 3.8) is 0 Å². The molecule has 0 aromatic carbocycles. The molecule has 0 radical (unpaired) electrons. The number of carbonyl (C=O) groups excluding carboxylic acids is 1. The monoisotopic (exact) mass is 388 g/mol. The molecule has 2 aromatic heterocycles. The summed E-state index contributed by atoms with van der Waals surface area (Å²) in [5.41, 5.74) is 0. The lowest BCUT2D eigenvalue weighted by Gasteiger charge is -2.39. The molecule has 8 nitrogen and oxygen atoms in total. The minimum Gasteiger partial charge on any atom is -0.454 e. The van der Waals surface area contributed by atoms with E-state index < -0.39 is 0 Å². The summed E-state index contributed by atoms with van der Waals surface area (Å²) in [6.07, 6.45) is 4.52. The fourth-order valence-electron chi connectivity index (χ4n) is 4.18. The maximum Gasteiger partial charge on any atom is 0.289 e. The summed E-state index contributed by atoms with van der Waals surface area (Å²) >= 11 is 0. The molecule has 2 aliphatic heterocycles. The van der Waals surface area contributed by atoms with Gasteiger partial charge in [0.1, 0.15) is 5.76 Å². The minimum atomic E-state index is -0.100. The number of ether oxygens (including phenoxy) is 1. The average molecular weight is 388 g/mol. The molecule has 2 fully saturated rings. The number of nitrogens with zero attached hydrogens (tertiary/aromatic N) is 4. The van der Waals surface area contributed by atoms with Crippen LogP contribution in [0.25, 0.3) is 0 Å². The van der Waals surface area contributed by atoms with Gasteiger partial charge in [-0.15, -0.1) is 0 Å². The van der Waals surface area contributed by atoms with E-state index in [0.29, 0.717) is 37.1 Å². The third-order valence-corrected chi connectivity index (χ3v) is 5.54. The first-order chi connectivity index (χ1) is 13.7. The number of rotatable bonds is 6. The molecule has 28 heavy (non-hydrogen) atoms. The third-order valence-electron chi connectivity index (χ3n) is 5.54. The Hall–Kier alpha value is -2.16. The number of carbonyl (C=O) groups is 1. The summed E-state index contributed by atoms with van der Waals surface area (Å²) < 4.78 is 13.0. The molecule has 2 aromatic rings. The highest BCUT2D eigenvalue weighted by Crippen LogP contribution is 2.25. The Bertz CT molecular complexity index is 754. The summed E-state index contributed by atoms with van der Waals surface area (Å²) in [5.74, 6) is 1.42. The summed E-state index contributed by atoms with van der Waals surface area (Å²) in [6.45, 7) is 6.21. The molecule has 0 aliphatic carbocycles. The highest BCUT2D eigenvalue weighted by molar-refractivity contribution is 5.91. The maximum atomic E-state index is 13.0. The Morgan fingerprint density at radius 1 is 1.21 bits per heavy atom. The molecule has 8 heteroatoms. The number of amides is 1. The Kier molecular flexibility index (Phi) is 6.09. The molecular formula is C20H28N4O4. The van der Waals surface area contributed by atoms with E-state index in [1.807, 2.05) is 23.2 Å². The first-order valence-electron chi connectivity index (χ1n) is 9.97. The number of aliphatic hydroxyl groups excluding tert-OH is 1. The summed E-state index contributed by atoms with van der Waals surface area (Å²) in [5, 5.41) is 13.9. The fraction of sp³-hybridized carbons (Fsp3) is 0.600. The van der Waals surface area contributed by atoms with Gasteiger partial charge in [0, 0.05) is 51.7 Å². The lowest BCUT2D eigenvalue weighted by Crippen LogP contribution is -2.49. The summed E-state index contributed by atoms with van der Waals surface area (Å²) in [6, 6.07) is 5.42. The number of aliphatic hydroxyl groups is 1. The van der Waals surface area contributed by atoms with Gasteiger partial charge in [0.05, 0.1) is 19.8 Å². The van der Waals surface area contributed by atoms with Crippen molar-refractivity contribution in [3.8, 4) is 0 Å². The number of aromatic nitrogens is 2. The lowest BCUT2D eigenvalue weighted by atomic mass is 9.89. The van der Waals surface area contributed by atoms with E-state index >= 15 is 0 Å². The second-order valence-electron chi connectivity index (χ2n) is 7.74. The van der Waals surface area contributed by atoms with Gasteiger partial charge in [0.2, 0.25) is 0 Å². The van der Waals surface area contributed by atoms with Crippen LogP contribution >= 0.6 is 0 Å². The van der Waals surface area contributed by atoms with E-state index in [2.05, 4.69) is 10.00 Å². The molecule has 0 unspecified atom stereocenters. The zero-order valence-corrected chi connectivity index (χ0v) is 16.1. The van der Waals surface area contributed by atoms with Gasteiger partial charge in [0.25, 0.3) is 5.91 Å². The van der Waals surface area contributed by atoms with Crippen LogP contribution in [0.1, 0.15) is 22.7 Å². The van der Waals surface area contributed by atoms with Gasteiger partial charge in [-0.2, -0.15) is 5.10 Å². The first kappa shape index (κ1) is 19.2. The van der Waals surface area contributed by atoms with Gasteiger partial charge in [-0.05, 0) is 36.5 Å². The quantitative estimate of drug-likeness (QED) is 0.793. The first-order valence-corrected chi connectivity index (χ1v) is 9.97. The molecule has 0 spiro atoms. The zero-order valence-electron chi connectivity index (χ0n) is 16.1. The predicted octanol–water partition coefficient (Wildman–Crippen LogP) is 0.927. The zero-order chi connectivity index (χ0) is 19.3. The molecule has 1 N–H and O–H groups in total. The van der Waals surface area contributed by atoms with Crippen molar-refractivity contribution in [2.24, 2.45) is 11.8 Å². The number of morpholine rings is 1. The fourth-order valence-corrected chi connectivity index (χ4v) is 4.18. The molecular weight excluding hydrogens is 360 g/mol. The topological polar surface area (TPSA) is 84.0 Å². The van der Waals surface area contributed by atoms with E-state index in [-0.39, 0.29) is 18.4 Å². The van der Waals surface area contributed by atoms with Crippen LogP contribution in [0, 0.1) is 11.8 Å². The largest absolute Gasteiger partial charge is 0.454 e. The standard InChI is InChI=1S/C20H28N4O4/c25-15-17-10-16(11-22-6-8-27-9-7-22)12-23(13-17)20(26)19-3-2-18(28-19)14-24-5-1-4-21-24/h1-5,16-17,25H,6-15H2/t16-,17+/m1/s1. The van der Waals surface area contributed by atoms with Gasteiger partial charge in [-0.3, -0.25) is 14.4 Å². The van der Waals surface area contributed by atoms with Crippen molar-refractivity contribution in [3.05, 3.63) is 42.1 Å². The molecule has 4 rings (SSSR count). The van der Waals surface area contributed by atoms with Gasteiger partial charge in [-0.1, -0.05) is 0 Å². The lowest BCUT2D eigenvalue weighted by molar-refractivity contribution is 0.0123. The van der Waals surface area contributed by atoms with Gasteiger partial charge in [-0.25, -0.2) is 0 Å². The summed E-state index contributed by atoms with van der Waals surface area (Å²) in [4.78, 5) is 17.2. The van der Waals surface area contributed by atoms with Crippen LogP contribution in [0.4, 0.5) is 0 Å². The van der Waals surface area contributed by atoms with Crippen molar-refractivity contribution in [1.29, 1.82) is 0 Å². The molecule has 0 saturated carbocycles. The molecule has 2 atom stereocenters. The van der Waals surface area contributed by atoms with Crippen LogP contribution in [-0.4, -0.2) is 83.1 Å². The third kappa shape index (κ3) is 4.63. The number of furan rings is 1. The predicted molar refractivity (Wildman–Crippen MR) is 102 cm³/mol. The Morgan fingerprint density at radius 3 is 2.79 bits per heavy atom. The van der Waals surface area contributed by atoms with Crippen molar-refractivity contribution >= 4 is 5.91 Å². The van der Waals surface area contributed by atoms with Crippen LogP contribution in [0.15, 0.2) is 35.0 Å². The summed E-state index contributed by atoms with van der Waals surface area (Å²) in [7, 11) is 0. The van der Waals surface area contributed by atoms with Crippen LogP contribution < -0.4 is 0 Å². The van der Waals surface area contributed by atoms with Crippen molar-refractivity contribution in [1.82, 2.24) is 19.6 Å². The van der Waals surface area contributed by atoms with Crippen LogP contribution in [0.3, 0.4) is 0 Å². The van der Waals surface area contributed by atoms with E-state index in [1.54, 1.807) is 16.9 Å². The normalized spacial score (nSPS) is 23.8. The van der Waals surface area contributed by atoms with Crippen molar-refractivity contribution in [2.45, 2.75) is 13.0 Å². The van der Waals surface area contributed by atoms with Crippen molar-refractivity contribution in [2.75, 3.05) is 52.5 Å². The molecule has 4 heterocycles. The minimum absolute atomic E-state index is 0.100. The van der Waals surface area contributed by atoms with Gasteiger partial charge in [0.15, 0.2) is 5.76 Å². The Labute approximate surface area is 164 Å². The smallest absolute Gasteiger partial charge is 0.289 e. The van der Waals surface area contributed by atoms with Gasteiger partial charge >= 0.3 is 0 Å². The van der Waals surface area contributed by atoms with Crippen molar-refractivity contribution < 1.29 is 19.1 Å². The van der Waals surface area contributed by atoms with E-state index in [0.717, 1.165) is 39.3 Å². The second kappa shape index (κ2) is 8.89. The van der Waals surface area contributed by atoms with Crippen LogP contribution in [0.5, 0.6) is 0 Å². The Morgan fingerprint density at radius 2 is 2.04 bits per heavy atom. The maximum absolute atomic E-state index is 13.0. The second-order valence-corrected chi connectivity index (χ2v) is 7.74. The average Bonchev–Trinajstić information content (AvgIpc) is 3.40.